The van der Waals surface area contributed by atoms with Crippen LogP contribution in [0.2, 0.25) is 0 Å². The Morgan fingerprint density at radius 2 is 2.10 bits per heavy atom. The summed E-state index contributed by atoms with van der Waals surface area (Å²) in [5.41, 5.74) is 1.85. The van der Waals surface area contributed by atoms with Gasteiger partial charge in [0, 0.05) is 17.3 Å². The third kappa shape index (κ3) is 3.54. The summed E-state index contributed by atoms with van der Waals surface area (Å²) in [6.45, 7) is 2.57. The molecule has 106 valence electrons. The third-order valence-electron chi connectivity index (χ3n) is 2.71. The van der Waals surface area contributed by atoms with Gasteiger partial charge in [-0.2, -0.15) is 4.98 Å². The Bertz CT molecular complexity index is 576. The molecule has 0 amide bonds. The van der Waals surface area contributed by atoms with Crippen molar-refractivity contribution in [3.63, 3.8) is 0 Å². The standard InChI is InChI=1S/C15H17ClN2O2/c1-3-20-13-8-7-12(9-11(13)10-16)17-14-5-4-6-15(18-14)19-2/h4-9H,3,10H2,1-2H3,(H,17,18). The van der Waals surface area contributed by atoms with E-state index in [0.29, 0.717) is 24.2 Å². The molecule has 0 atom stereocenters. The van der Waals surface area contributed by atoms with Crippen LogP contribution < -0.4 is 14.8 Å². The van der Waals surface area contributed by atoms with Gasteiger partial charge in [-0.3, -0.25) is 0 Å². The van der Waals surface area contributed by atoms with Gasteiger partial charge in [0.25, 0.3) is 0 Å². The van der Waals surface area contributed by atoms with Crippen LogP contribution in [0, 0.1) is 0 Å². The SMILES string of the molecule is CCOc1ccc(Nc2cccc(OC)n2)cc1CCl. The van der Waals surface area contributed by atoms with E-state index in [-0.39, 0.29) is 0 Å². The molecule has 1 aromatic heterocycles. The van der Waals surface area contributed by atoms with Crippen LogP contribution in [0.25, 0.3) is 0 Å². The molecule has 0 saturated heterocycles. The molecule has 2 aromatic rings. The molecule has 5 heteroatoms. The number of alkyl halides is 1. The van der Waals surface area contributed by atoms with Crippen molar-refractivity contribution < 1.29 is 9.47 Å². The van der Waals surface area contributed by atoms with Gasteiger partial charge in [-0.25, -0.2) is 0 Å². The summed E-state index contributed by atoms with van der Waals surface area (Å²) in [7, 11) is 1.59. The molecule has 0 saturated carbocycles. The van der Waals surface area contributed by atoms with Crippen LogP contribution in [0.3, 0.4) is 0 Å². The van der Waals surface area contributed by atoms with Crippen molar-refractivity contribution in [2.75, 3.05) is 19.0 Å². The van der Waals surface area contributed by atoms with E-state index in [2.05, 4.69) is 10.3 Å². The number of nitrogens with one attached hydrogen (secondary N) is 1. The molecule has 0 aliphatic heterocycles. The molecule has 0 radical (unpaired) electrons. The Morgan fingerprint density at radius 3 is 2.80 bits per heavy atom. The van der Waals surface area contributed by atoms with Crippen molar-refractivity contribution in [2.24, 2.45) is 0 Å². The lowest BCUT2D eigenvalue weighted by Gasteiger charge is -2.12. The first-order valence-electron chi connectivity index (χ1n) is 6.36. The Hall–Kier alpha value is -1.94. The lowest BCUT2D eigenvalue weighted by Crippen LogP contribution is -1.99. The number of nitrogens with zero attached hydrogens (tertiary/aromatic N) is 1. The predicted molar refractivity (Wildman–Crippen MR) is 81.2 cm³/mol. The molecule has 4 nitrogen and oxygen atoms in total. The lowest BCUT2D eigenvalue weighted by atomic mass is 10.2. The van der Waals surface area contributed by atoms with Gasteiger partial charge >= 0.3 is 0 Å². The van der Waals surface area contributed by atoms with Crippen LogP contribution >= 0.6 is 11.6 Å². The van der Waals surface area contributed by atoms with Gasteiger partial charge in [0.1, 0.15) is 11.6 Å². The van der Waals surface area contributed by atoms with E-state index in [1.807, 2.05) is 37.3 Å². The van der Waals surface area contributed by atoms with Crippen molar-refractivity contribution in [1.82, 2.24) is 4.98 Å². The zero-order chi connectivity index (χ0) is 14.4. The highest BCUT2D eigenvalue weighted by Gasteiger charge is 2.05. The minimum absolute atomic E-state index is 0.399. The maximum absolute atomic E-state index is 5.95. The molecule has 0 fully saturated rings. The van der Waals surface area contributed by atoms with Crippen molar-refractivity contribution in [3.05, 3.63) is 42.0 Å². The van der Waals surface area contributed by atoms with E-state index in [4.69, 9.17) is 21.1 Å². The maximum atomic E-state index is 5.95. The average Bonchev–Trinajstić information content (AvgIpc) is 2.49. The van der Waals surface area contributed by atoms with Crippen LogP contribution in [0.1, 0.15) is 12.5 Å². The van der Waals surface area contributed by atoms with Crippen LogP contribution in [0.4, 0.5) is 11.5 Å². The lowest BCUT2D eigenvalue weighted by molar-refractivity contribution is 0.337. The van der Waals surface area contributed by atoms with Gasteiger partial charge < -0.3 is 14.8 Å². The molecule has 20 heavy (non-hydrogen) atoms. The van der Waals surface area contributed by atoms with Gasteiger partial charge in [-0.15, -0.1) is 11.6 Å². The molecule has 0 bridgehead atoms. The molecule has 1 N–H and O–H groups in total. The topological polar surface area (TPSA) is 43.4 Å². The Balaban J connectivity index is 2.20. The summed E-state index contributed by atoms with van der Waals surface area (Å²) in [6.07, 6.45) is 0. The number of ether oxygens (including phenoxy) is 2. The molecular formula is C15H17ClN2O2. The molecule has 1 aromatic carbocycles. The predicted octanol–water partition coefficient (Wildman–Crippen LogP) is 3.97. The van der Waals surface area contributed by atoms with E-state index >= 15 is 0 Å². The molecule has 0 spiro atoms. The fraction of sp³-hybridized carbons (Fsp3) is 0.267. The smallest absolute Gasteiger partial charge is 0.214 e. The first-order chi connectivity index (χ1) is 9.76. The molecule has 1 heterocycles. The monoisotopic (exact) mass is 292 g/mol. The fourth-order valence-corrected chi connectivity index (χ4v) is 2.01. The minimum atomic E-state index is 0.399. The van der Waals surface area contributed by atoms with Crippen LogP contribution in [0.5, 0.6) is 11.6 Å². The van der Waals surface area contributed by atoms with Crippen LogP contribution in [-0.2, 0) is 5.88 Å². The second-order valence-electron chi connectivity index (χ2n) is 4.08. The van der Waals surface area contributed by atoms with Gasteiger partial charge in [-0.1, -0.05) is 6.07 Å². The fourth-order valence-electron chi connectivity index (χ4n) is 1.80. The quantitative estimate of drug-likeness (QED) is 0.818. The molecule has 0 aliphatic carbocycles. The molecule has 2 rings (SSSR count). The molecule has 0 unspecified atom stereocenters. The highest BCUT2D eigenvalue weighted by atomic mass is 35.5. The highest BCUT2D eigenvalue weighted by molar-refractivity contribution is 6.17. The van der Waals surface area contributed by atoms with Gasteiger partial charge in [-0.05, 0) is 31.2 Å². The molecular weight excluding hydrogens is 276 g/mol. The largest absolute Gasteiger partial charge is 0.494 e. The van der Waals surface area contributed by atoms with Crippen LogP contribution in [-0.4, -0.2) is 18.7 Å². The third-order valence-corrected chi connectivity index (χ3v) is 3.00. The van der Waals surface area contributed by atoms with E-state index in [1.54, 1.807) is 13.2 Å². The van der Waals surface area contributed by atoms with E-state index < -0.39 is 0 Å². The van der Waals surface area contributed by atoms with Gasteiger partial charge in [0.2, 0.25) is 5.88 Å². The summed E-state index contributed by atoms with van der Waals surface area (Å²) >= 11 is 5.95. The summed E-state index contributed by atoms with van der Waals surface area (Å²) in [5, 5.41) is 3.22. The van der Waals surface area contributed by atoms with E-state index in [1.165, 1.54) is 0 Å². The second-order valence-corrected chi connectivity index (χ2v) is 4.35. The summed E-state index contributed by atoms with van der Waals surface area (Å²) < 4.78 is 10.6. The first-order valence-corrected chi connectivity index (χ1v) is 6.90. The second kappa shape index (κ2) is 7.01. The number of aromatic nitrogens is 1. The molecule has 0 aliphatic rings. The van der Waals surface area contributed by atoms with Crippen LogP contribution in [0.15, 0.2) is 36.4 Å². The highest BCUT2D eigenvalue weighted by Crippen LogP contribution is 2.26. The zero-order valence-corrected chi connectivity index (χ0v) is 12.3. The van der Waals surface area contributed by atoms with E-state index in [9.17, 15) is 0 Å². The van der Waals surface area contributed by atoms with Gasteiger partial charge in [0.15, 0.2) is 0 Å². The van der Waals surface area contributed by atoms with Crippen molar-refractivity contribution in [3.8, 4) is 11.6 Å². The number of halogens is 1. The van der Waals surface area contributed by atoms with Crippen molar-refractivity contribution in [1.29, 1.82) is 0 Å². The zero-order valence-electron chi connectivity index (χ0n) is 11.5. The summed E-state index contributed by atoms with van der Waals surface area (Å²) in [5.74, 6) is 2.50. The number of rotatable bonds is 6. The Labute approximate surface area is 123 Å². The Morgan fingerprint density at radius 1 is 1.25 bits per heavy atom. The number of pyridine rings is 1. The summed E-state index contributed by atoms with van der Waals surface area (Å²) in [4.78, 5) is 4.30. The number of anilines is 2. The number of benzene rings is 1. The normalized spacial score (nSPS) is 10.2. The van der Waals surface area contributed by atoms with Crippen molar-refractivity contribution in [2.45, 2.75) is 12.8 Å². The number of methoxy groups -OCH3 is 1. The average molecular weight is 293 g/mol. The summed E-state index contributed by atoms with van der Waals surface area (Å²) in [6, 6.07) is 11.4. The number of hydrogen-bond acceptors (Lipinski definition) is 4. The van der Waals surface area contributed by atoms with Gasteiger partial charge in [0.05, 0.1) is 19.6 Å². The van der Waals surface area contributed by atoms with Crippen molar-refractivity contribution >= 4 is 23.1 Å². The first kappa shape index (κ1) is 14.5. The maximum Gasteiger partial charge on any atom is 0.214 e. The number of hydrogen-bond donors (Lipinski definition) is 1. The minimum Gasteiger partial charge on any atom is -0.494 e. The van der Waals surface area contributed by atoms with E-state index in [0.717, 1.165) is 17.0 Å². The Kier molecular flexibility index (Phi) is 5.07.